The second-order valence-corrected chi connectivity index (χ2v) is 7.94. The van der Waals surface area contributed by atoms with E-state index < -0.39 is 0 Å². The molecule has 1 aromatic carbocycles. The number of hydrogen-bond acceptors (Lipinski definition) is 4. The van der Waals surface area contributed by atoms with Gasteiger partial charge in [-0.05, 0) is 37.0 Å². The number of benzene rings is 1. The van der Waals surface area contributed by atoms with Crippen molar-refractivity contribution in [3.63, 3.8) is 0 Å². The molecule has 0 aliphatic carbocycles. The van der Waals surface area contributed by atoms with Crippen molar-refractivity contribution in [2.75, 3.05) is 26.2 Å². The first-order valence-electron chi connectivity index (χ1n) is 8.63. The lowest BCUT2D eigenvalue weighted by Gasteiger charge is -2.38. The van der Waals surface area contributed by atoms with Crippen molar-refractivity contribution in [2.45, 2.75) is 58.3 Å². The van der Waals surface area contributed by atoms with Crippen molar-refractivity contribution < 1.29 is 14.2 Å². The van der Waals surface area contributed by atoms with Gasteiger partial charge in [0.25, 0.3) is 0 Å². The number of fused-ring (bicyclic) bond motifs is 1. The number of nitrogens with zero attached hydrogens (tertiary/aromatic N) is 1. The fourth-order valence-electron chi connectivity index (χ4n) is 3.39. The van der Waals surface area contributed by atoms with Crippen molar-refractivity contribution in [3.8, 4) is 11.5 Å². The quantitative estimate of drug-likeness (QED) is 0.837. The highest BCUT2D eigenvalue weighted by molar-refractivity contribution is 5.45. The third kappa shape index (κ3) is 3.99. The summed E-state index contributed by atoms with van der Waals surface area (Å²) < 4.78 is 17.9. The zero-order valence-corrected chi connectivity index (χ0v) is 15.0. The Morgan fingerprint density at radius 3 is 2.43 bits per heavy atom. The van der Waals surface area contributed by atoms with Crippen LogP contribution in [0.1, 0.15) is 40.2 Å². The van der Waals surface area contributed by atoms with E-state index in [9.17, 15) is 0 Å². The van der Waals surface area contributed by atoms with Gasteiger partial charge in [0, 0.05) is 19.6 Å². The van der Waals surface area contributed by atoms with Gasteiger partial charge in [-0.25, -0.2) is 0 Å². The molecule has 0 N–H and O–H groups in total. The third-order valence-corrected chi connectivity index (χ3v) is 4.49. The number of morpholine rings is 1. The molecule has 3 rings (SSSR count). The highest BCUT2D eigenvalue weighted by atomic mass is 16.6. The molecule has 0 aromatic heterocycles. The van der Waals surface area contributed by atoms with Crippen LogP contribution < -0.4 is 9.47 Å². The van der Waals surface area contributed by atoms with Gasteiger partial charge in [0.15, 0.2) is 11.5 Å². The van der Waals surface area contributed by atoms with Crippen molar-refractivity contribution in [1.29, 1.82) is 0 Å². The second kappa shape index (κ2) is 6.33. The summed E-state index contributed by atoms with van der Waals surface area (Å²) in [4.78, 5) is 2.42. The molecule has 23 heavy (non-hydrogen) atoms. The lowest BCUT2D eigenvalue weighted by Crippen LogP contribution is -2.50. The standard InChI is InChI=1S/C19H29NO3/c1-13-9-20(10-14(2)22-13)11-16-12-21-18-8-15(19(3,4)5)6-7-17(18)23-16/h6-8,13-14,16H,9-12H2,1-5H3. The van der Waals surface area contributed by atoms with Gasteiger partial charge >= 0.3 is 0 Å². The van der Waals surface area contributed by atoms with E-state index in [0.29, 0.717) is 6.61 Å². The average molecular weight is 319 g/mol. The van der Waals surface area contributed by atoms with Crippen molar-refractivity contribution >= 4 is 0 Å². The minimum atomic E-state index is 0.0838. The van der Waals surface area contributed by atoms with Crippen LogP contribution in [0.3, 0.4) is 0 Å². The van der Waals surface area contributed by atoms with E-state index in [2.05, 4.69) is 51.7 Å². The Morgan fingerprint density at radius 2 is 1.78 bits per heavy atom. The minimum Gasteiger partial charge on any atom is -0.486 e. The summed E-state index contributed by atoms with van der Waals surface area (Å²) >= 11 is 0. The molecule has 3 unspecified atom stereocenters. The van der Waals surface area contributed by atoms with Crippen molar-refractivity contribution in [3.05, 3.63) is 23.8 Å². The van der Waals surface area contributed by atoms with E-state index in [1.807, 2.05) is 6.07 Å². The highest BCUT2D eigenvalue weighted by Crippen LogP contribution is 2.36. The Kier molecular flexibility index (Phi) is 4.56. The molecular formula is C19H29NO3. The van der Waals surface area contributed by atoms with Gasteiger partial charge in [-0.2, -0.15) is 0 Å². The van der Waals surface area contributed by atoms with Gasteiger partial charge in [0.1, 0.15) is 12.7 Å². The van der Waals surface area contributed by atoms with E-state index in [-0.39, 0.29) is 23.7 Å². The Morgan fingerprint density at radius 1 is 1.09 bits per heavy atom. The highest BCUT2D eigenvalue weighted by Gasteiger charge is 2.28. The smallest absolute Gasteiger partial charge is 0.161 e. The predicted octanol–water partition coefficient (Wildman–Crippen LogP) is 3.23. The van der Waals surface area contributed by atoms with Crippen molar-refractivity contribution in [2.24, 2.45) is 0 Å². The summed E-state index contributed by atoms with van der Waals surface area (Å²) in [6, 6.07) is 6.31. The third-order valence-electron chi connectivity index (χ3n) is 4.49. The normalized spacial score (nSPS) is 28.7. The van der Waals surface area contributed by atoms with Gasteiger partial charge < -0.3 is 14.2 Å². The molecule has 2 heterocycles. The van der Waals surface area contributed by atoms with Crippen LogP contribution in [0.2, 0.25) is 0 Å². The SMILES string of the molecule is CC1CN(CC2COc3cc(C(C)(C)C)ccc3O2)CC(C)O1. The number of hydrogen-bond donors (Lipinski definition) is 0. The van der Waals surface area contributed by atoms with Crippen LogP contribution in [-0.2, 0) is 10.2 Å². The summed E-state index contributed by atoms with van der Waals surface area (Å²) in [7, 11) is 0. The minimum absolute atomic E-state index is 0.0838. The Labute approximate surface area is 139 Å². The molecule has 4 heteroatoms. The maximum Gasteiger partial charge on any atom is 0.161 e. The average Bonchev–Trinajstić information content (AvgIpc) is 2.44. The number of rotatable bonds is 2. The maximum absolute atomic E-state index is 6.17. The molecule has 4 nitrogen and oxygen atoms in total. The fraction of sp³-hybridized carbons (Fsp3) is 0.684. The Hall–Kier alpha value is -1.26. The van der Waals surface area contributed by atoms with Crippen LogP contribution >= 0.6 is 0 Å². The molecule has 0 bridgehead atoms. The summed E-state index contributed by atoms with van der Waals surface area (Å²) in [6.07, 6.45) is 0.648. The Bertz CT molecular complexity index is 542. The van der Waals surface area contributed by atoms with Crippen LogP contribution in [0, 0.1) is 0 Å². The number of ether oxygens (including phenoxy) is 3. The summed E-state index contributed by atoms with van der Waals surface area (Å²) in [6.45, 7) is 14.3. The molecule has 2 aliphatic heterocycles. The van der Waals surface area contributed by atoms with E-state index in [1.165, 1.54) is 5.56 Å². The van der Waals surface area contributed by atoms with Gasteiger partial charge in [-0.1, -0.05) is 26.8 Å². The van der Waals surface area contributed by atoms with Crippen LogP contribution in [0.5, 0.6) is 11.5 Å². The topological polar surface area (TPSA) is 30.9 Å². The monoisotopic (exact) mass is 319 g/mol. The first-order chi connectivity index (χ1) is 10.8. The van der Waals surface area contributed by atoms with Gasteiger partial charge in [0.05, 0.1) is 12.2 Å². The molecule has 0 spiro atoms. The molecule has 1 fully saturated rings. The lowest BCUT2D eigenvalue weighted by molar-refractivity contribution is -0.0785. The van der Waals surface area contributed by atoms with Crippen LogP contribution in [0.25, 0.3) is 0 Å². The van der Waals surface area contributed by atoms with E-state index in [1.54, 1.807) is 0 Å². The van der Waals surface area contributed by atoms with Gasteiger partial charge in [0.2, 0.25) is 0 Å². The molecule has 1 aromatic rings. The van der Waals surface area contributed by atoms with Gasteiger partial charge in [-0.3, -0.25) is 4.90 Å². The van der Waals surface area contributed by atoms with Crippen LogP contribution in [0.4, 0.5) is 0 Å². The molecule has 3 atom stereocenters. The van der Waals surface area contributed by atoms with Gasteiger partial charge in [-0.15, -0.1) is 0 Å². The summed E-state index contributed by atoms with van der Waals surface area (Å²) in [5.74, 6) is 1.74. The van der Waals surface area contributed by atoms with Crippen molar-refractivity contribution in [1.82, 2.24) is 4.90 Å². The molecular weight excluding hydrogens is 290 g/mol. The second-order valence-electron chi connectivity index (χ2n) is 7.94. The van der Waals surface area contributed by atoms with Crippen LogP contribution in [0.15, 0.2) is 18.2 Å². The molecule has 2 aliphatic rings. The summed E-state index contributed by atoms with van der Waals surface area (Å²) in [5, 5.41) is 0. The Balaban J connectivity index is 1.64. The van der Waals surface area contributed by atoms with E-state index in [4.69, 9.17) is 14.2 Å². The lowest BCUT2D eigenvalue weighted by atomic mass is 9.87. The molecule has 128 valence electrons. The first kappa shape index (κ1) is 16.6. The molecule has 0 radical (unpaired) electrons. The maximum atomic E-state index is 6.17. The molecule has 0 amide bonds. The molecule has 0 saturated carbocycles. The fourth-order valence-corrected chi connectivity index (χ4v) is 3.39. The first-order valence-corrected chi connectivity index (χ1v) is 8.63. The summed E-state index contributed by atoms with van der Waals surface area (Å²) in [5.41, 5.74) is 1.39. The van der Waals surface area contributed by atoms with E-state index >= 15 is 0 Å². The largest absolute Gasteiger partial charge is 0.486 e. The molecule has 1 saturated heterocycles. The predicted molar refractivity (Wildman–Crippen MR) is 91.5 cm³/mol. The van der Waals surface area contributed by atoms with Crippen LogP contribution in [-0.4, -0.2) is 49.5 Å². The van der Waals surface area contributed by atoms with E-state index in [0.717, 1.165) is 31.1 Å². The zero-order chi connectivity index (χ0) is 16.6. The zero-order valence-electron chi connectivity index (χ0n) is 15.0.